The van der Waals surface area contributed by atoms with Crippen molar-refractivity contribution in [1.82, 2.24) is 14.5 Å². The zero-order valence-corrected chi connectivity index (χ0v) is 24.6. The Morgan fingerprint density at radius 1 is 1.08 bits per heavy atom. The zero-order chi connectivity index (χ0) is 27.7. The summed E-state index contributed by atoms with van der Waals surface area (Å²) in [7, 11) is 0. The van der Waals surface area contributed by atoms with Gasteiger partial charge in [-0.15, -0.1) is 11.8 Å². The highest BCUT2D eigenvalue weighted by Crippen LogP contribution is 2.43. The summed E-state index contributed by atoms with van der Waals surface area (Å²) in [6.45, 7) is 15.3. The van der Waals surface area contributed by atoms with Crippen molar-refractivity contribution in [2.24, 2.45) is 5.41 Å². The SMILES string of the molecule is Cc1cc2c(cn1)cc(-c1cc(NC(=O)C3CCC(C(C)(C)C)S3)ccc1C)c(=O)n2CCN1CCOCC1. The fourth-order valence-electron chi connectivity index (χ4n) is 5.53. The molecule has 0 saturated carbocycles. The zero-order valence-electron chi connectivity index (χ0n) is 23.8. The monoisotopic (exact) mass is 548 g/mol. The summed E-state index contributed by atoms with van der Waals surface area (Å²) in [6, 6.07) is 9.81. The van der Waals surface area contributed by atoms with Crippen LogP contribution in [0.25, 0.3) is 22.0 Å². The van der Waals surface area contributed by atoms with Gasteiger partial charge in [-0.2, -0.15) is 0 Å². The number of morpholine rings is 1. The first-order valence-electron chi connectivity index (χ1n) is 14.0. The first-order chi connectivity index (χ1) is 18.6. The lowest BCUT2D eigenvalue weighted by atomic mass is 9.89. The summed E-state index contributed by atoms with van der Waals surface area (Å²) in [4.78, 5) is 34.0. The minimum atomic E-state index is -0.0497. The normalized spacial score (nSPS) is 20.4. The first kappa shape index (κ1) is 27.9. The molecule has 2 aliphatic rings. The molecule has 0 spiro atoms. The fourth-order valence-corrected chi connectivity index (χ4v) is 7.07. The van der Waals surface area contributed by atoms with Crippen LogP contribution in [0, 0.1) is 19.3 Å². The van der Waals surface area contributed by atoms with Gasteiger partial charge >= 0.3 is 0 Å². The van der Waals surface area contributed by atoms with Crippen molar-refractivity contribution in [1.29, 1.82) is 0 Å². The summed E-state index contributed by atoms with van der Waals surface area (Å²) in [5.41, 5.74) is 5.13. The molecule has 1 amide bonds. The van der Waals surface area contributed by atoms with Gasteiger partial charge in [0.2, 0.25) is 5.91 Å². The van der Waals surface area contributed by atoms with Gasteiger partial charge in [0, 0.05) is 60.0 Å². The molecule has 2 aromatic heterocycles. The highest BCUT2D eigenvalue weighted by molar-refractivity contribution is 8.01. The van der Waals surface area contributed by atoms with Crippen molar-refractivity contribution >= 4 is 34.3 Å². The lowest BCUT2D eigenvalue weighted by Gasteiger charge is -2.27. The van der Waals surface area contributed by atoms with E-state index in [9.17, 15) is 9.59 Å². The van der Waals surface area contributed by atoms with E-state index >= 15 is 0 Å². The van der Waals surface area contributed by atoms with Gasteiger partial charge in [-0.05, 0) is 67.5 Å². The molecule has 0 radical (unpaired) electrons. The number of carbonyl (C=O) groups is 1. The Bertz CT molecular complexity index is 1420. The second kappa shape index (κ2) is 11.4. The lowest BCUT2D eigenvalue weighted by molar-refractivity contribution is -0.115. The summed E-state index contributed by atoms with van der Waals surface area (Å²) in [6.07, 6.45) is 3.80. The molecular weight excluding hydrogens is 508 g/mol. The third-order valence-corrected chi connectivity index (χ3v) is 9.98. The number of amides is 1. The average molecular weight is 549 g/mol. The first-order valence-corrected chi connectivity index (χ1v) is 14.9. The van der Waals surface area contributed by atoms with Crippen LogP contribution in [0.4, 0.5) is 5.69 Å². The number of fused-ring (bicyclic) bond motifs is 1. The maximum atomic E-state index is 14.0. The molecule has 2 unspecified atom stereocenters. The highest BCUT2D eigenvalue weighted by atomic mass is 32.2. The Hall–Kier alpha value is -2.68. The summed E-state index contributed by atoms with van der Waals surface area (Å²) in [5.74, 6) is 0.0441. The number of thioether (sulfide) groups is 1. The Labute approximate surface area is 235 Å². The third kappa shape index (κ3) is 6.23. The van der Waals surface area contributed by atoms with Gasteiger partial charge < -0.3 is 14.6 Å². The number of nitrogens with zero attached hydrogens (tertiary/aromatic N) is 3. The van der Waals surface area contributed by atoms with Crippen molar-refractivity contribution < 1.29 is 9.53 Å². The van der Waals surface area contributed by atoms with Crippen molar-refractivity contribution in [3.8, 4) is 11.1 Å². The number of hydrogen-bond acceptors (Lipinski definition) is 6. The van der Waals surface area contributed by atoms with E-state index in [1.54, 1.807) is 11.8 Å². The van der Waals surface area contributed by atoms with Crippen molar-refractivity contribution in [2.75, 3.05) is 38.2 Å². The van der Waals surface area contributed by atoms with Crippen LogP contribution in [0.5, 0.6) is 0 Å². The number of aromatic nitrogens is 2. The number of pyridine rings is 2. The Morgan fingerprint density at radius 2 is 1.85 bits per heavy atom. The van der Waals surface area contributed by atoms with Gasteiger partial charge in [-0.25, -0.2) is 0 Å². The van der Waals surface area contributed by atoms with Crippen LogP contribution in [0.3, 0.4) is 0 Å². The maximum Gasteiger partial charge on any atom is 0.258 e. The molecule has 0 bridgehead atoms. The van der Waals surface area contributed by atoms with E-state index < -0.39 is 0 Å². The number of nitrogens with one attached hydrogen (secondary N) is 1. The van der Waals surface area contributed by atoms with E-state index in [0.717, 1.165) is 79.1 Å². The molecule has 2 aliphatic heterocycles. The van der Waals surface area contributed by atoms with E-state index in [1.165, 1.54) is 0 Å². The predicted octanol–water partition coefficient (Wildman–Crippen LogP) is 5.26. The number of anilines is 1. The minimum Gasteiger partial charge on any atom is -0.379 e. The van der Waals surface area contributed by atoms with Gasteiger partial charge in [0.1, 0.15) is 0 Å². The second-order valence-electron chi connectivity index (χ2n) is 11.9. The number of rotatable bonds is 6. The molecule has 7 nitrogen and oxygen atoms in total. The van der Waals surface area contributed by atoms with Crippen LogP contribution in [0.2, 0.25) is 0 Å². The standard InChI is InChI=1S/C31H40N4O3S/c1-20-6-7-23(33-29(36)27-8-9-28(39-27)31(3,4)5)18-24(20)25-17-22-19-32-21(2)16-26(22)35(30(25)37)11-10-34-12-14-38-15-13-34/h6-7,16-19,27-28H,8-15H2,1-5H3,(H,33,36). The Kier molecular flexibility index (Phi) is 8.17. The van der Waals surface area contributed by atoms with E-state index in [4.69, 9.17) is 4.74 Å². The van der Waals surface area contributed by atoms with Crippen molar-refractivity contribution in [3.05, 3.63) is 58.1 Å². The molecule has 208 valence electrons. The molecule has 8 heteroatoms. The molecule has 1 aromatic carbocycles. The van der Waals surface area contributed by atoms with Gasteiger partial charge in [-0.1, -0.05) is 26.8 Å². The van der Waals surface area contributed by atoms with Gasteiger partial charge in [-0.3, -0.25) is 19.5 Å². The van der Waals surface area contributed by atoms with E-state index in [1.807, 2.05) is 54.9 Å². The van der Waals surface area contributed by atoms with Gasteiger partial charge in [0.05, 0.1) is 24.0 Å². The predicted molar refractivity (Wildman–Crippen MR) is 161 cm³/mol. The molecule has 1 N–H and O–H groups in total. The summed E-state index contributed by atoms with van der Waals surface area (Å²) in [5, 5.41) is 4.50. The second-order valence-corrected chi connectivity index (χ2v) is 13.3. The molecule has 2 atom stereocenters. The van der Waals surface area contributed by atoms with Crippen LogP contribution in [-0.2, 0) is 16.1 Å². The van der Waals surface area contributed by atoms with Crippen LogP contribution in [0.15, 0.2) is 41.3 Å². The quantitative estimate of drug-likeness (QED) is 0.453. The number of carbonyl (C=O) groups excluding carboxylic acids is 1. The minimum absolute atomic E-state index is 0.0210. The molecule has 2 saturated heterocycles. The molecule has 0 aliphatic carbocycles. The van der Waals surface area contributed by atoms with E-state index in [0.29, 0.717) is 17.4 Å². The van der Waals surface area contributed by atoms with E-state index in [-0.39, 0.29) is 22.1 Å². The molecule has 2 fully saturated rings. The van der Waals surface area contributed by atoms with Crippen LogP contribution >= 0.6 is 11.8 Å². The number of ether oxygens (including phenoxy) is 1. The molecule has 5 rings (SSSR count). The Morgan fingerprint density at radius 3 is 2.56 bits per heavy atom. The third-order valence-electron chi connectivity index (χ3n) is 7.93. The average Bonchev–Trinajstić information content (AvgIpc) is 3.41. The van der Waals surface area contributed by atoms with Crippen molar-refractivity contribution in [3.63, 3.8) is 0 Å². The molecule has 3 aromatic rings. The maximum absolute atomic E-state index is 14.0. The van der Waals surface area contributed by atoms with Crippen LogP contribution < -0.4 is 10.9 Å². The number of hydrogen-bond donors (Lipinski definition) is 1. The number of aryl methyl sites for hydroxylation is 2. The number of benzene rings is 1. The fraction of sp³-hybridized carbons (Fsp3) is 0.516. The summed E-state index contributed by atoms with van der Waals surface area (Å²) < 4.78 is 7.38. The van der Waals surface area contributed by atoms with Crippen LogP contribution in [0.1, 0.15) is 44.9 Å². The van der Waals surface area contributed by atoms with Crippen molar-refractivity contribution in [2.45, 2.75) is 64.5 Å². The Balaban J connectivity index is 1.45. The smallest absolute Gasteiger partial charge is 0.258 e. The largest absolute Gasteiger partial charge is 0.379 e. The van der Waals surface area contributed by atoms with Gasteiger partial charge in [0.15, 0.2) is 0 Å². The molecule has 4 heterocycles. The lowest BCUT2D eigenvalue weighted by Crippen LogP contribution is -2.39. The topological polar surface area (TPSA) is 76.5 Å². The molecule has 39 heavy (non-hydrogen) atoms. The molecular formula is C31H40N4O3S. The summed E-state index contributed by atoms with van der Waals surface area (Å²) >= 11 is 1.79. The van der Waals surface area contributed by atoms with Crippen LogP contribution in [-0.4, -0.2) is 63.7 Å². The van der Waals surface area contributed by atoms with Gasteiger partial charge in [0.25, 0.3) is 5.56 Å². The van der Waals surface area contributed by atoms with E-state index in [2.05, 4.69) is 36.0 Å². The highest BCUT2D eigenvalue weighted by Gasteiger charge is 2.36.